The minimum absolute atomic E-state index is 0.738. The largest absolute Gasteiger partial charge is 0.497 e. The van der Waals surface area contributed by atoms with E-state index in [4.69, 9.17) is 4.74 Å². The number of hydrogen-bond donors (Lipinski definition) is 1. The van der Waals surface area contributed by atoms with Crippen LogP contribution < -0.4 is 10.1 Å². The van der Waals surface area contributed by atoms with Crippen LogP contribution in [0.1, 0.15) is 5.56 Å². The summed E-state index contributed by atoms with van der Waals surface area (Å²) in [6.07, 6.45) is 0. The molecule has 0 saturated carbocycles. The lowest BCUT2D eigenvalue weighted by Crippen LogP contribution is -2.00. The predicted molar refractivity (Wildman–Crippen MR) is 87.6 cm³/mol. The van der Waals surface area contributed by atoms with E-state index in [1.54, 1.807) is 18.4 Å². The van der Waals surface area contributed by atoms with Crippen LogP contribution in [-0.2, 0) is 6.54 Å². The Bertz CT molecular complexity index is 742. The molecule has 0 radical (unpaired) electrons. The molecule has 0 fully saturated rings. The molecule has 0 spiro atoms. The van der Waals surface area contributed by atoms with Gasteiger partial charge in [0.2, 0.25) is 0 Å². The molecule has 0 saturated heterocycles. The third-order valence-corrected chi connectivity index (χ3v) is 4.63. The van der Waals surface area contributed by atoms with E-state index >= 15 is 0 Å². The van der Waals surface area contributed by atoms with Gasteiger partial charge in [-0.15, -0.1) is 11.3 Å². The first-order valence-corrected chi connectivity index (χ1v) is 7.83. The van der Waals surface area contributed by atoms with Gasteiger partial charge in [-0.1, -0.05) is 15.9 Å². The summed E-state index contributed by atoms with van der Waals surface area (Å²) >= 11 is 5.22. The van der Waals surface area contributed by atoms with Crippen LogP contribution in [-0.4, -0.2) is 12.1 Å². The van der Waals surface area contributed by atoms with Crippen molar-refractivity contribution >= 4 is 43.2 Å². The summed E-state index contributed by atoms with van der Waals surface area (Å²) in [6, 6.07) is 12.2. The van der Waals surface area contributed by atoms with Crippen molar-refractivity contribution in [2.24, 2.45) is 0 Å². The average Bonchev–Trinajstić information content (AvgIpc) is 2.94. The van der Waals surface area contributed by atoms with Gasteiger partial charge in [0, 0.05) is 16.7 Å². The number of aromatic nitrogens is 1. The van der Waals surface area contributed by atoms with Gasteiger partial charge >= 0.3 is 0 Å². The quantitative estimate of drug-likeness (QED) is 0.743. The first-order chi connectivity index (χ1) is 9.76. The van der Waals surface area contributed by atoms with E-state index in [9.17, 15) is 0 Å². The lowest BCUT2D eigenvalue weighted by molar-refractivity contribution is 0.414. The number of halogens is 1. The van der Waals surface area contributed by atoms with Gasteiger partial charge in [0.05, 0.1) is 22.8 Å². The molecule has 1 aromatic heterocycles. The fourth-order valence-corrected chi connectivity index (χ4v) is 3.08. The van der Waals surface area contributed by atoms with Gasteiger partial charge in [-0.2, -0.15) is 0 Å². The number of rotatable bonds is 4. The normalized spacial score (nSPS) is 10.7. The Morgan fingerprint density at radius 2 is 2.15 bits per heavy atom. The molecule has 0 aliphatic carbocycles. The number of hydrogen-bond acceptors (Lipinski definition) is 4. The molecule has 3 aromatic rings. The molecular formula is C15H13BrN2OS. The maximum atomic E-state index is 5.25. The zero-order valence-electron chi connectivity index (χ0n) is 10.9. The predicted octanol–water partition coefficient (Wildman–Crippen LogP) is 4.68. The molecule has 1 N–H and O–H groups in total. The van der Waals surface area contributed by atoms with Gasteiger partial charge in [-0.3, -0.25) is 0 Å². The summed E-state index contributed by atoms with van der Waals surface area (Å²) in [7, 11) is 1.68. The molecule has 2 aromatic carbocycles. The van der Waals surface area contributed by atoms with Crippen LogP contribution in [0, 0.1) is 0 Å². The molecular weight excluding hydrogens is 336 g/mol. The second-order valence-electron chi connectivity index (χ2n) is 4.35. The van der Waals surface area contributed by atoms with Crippen molar-refractivity contribution in [1.29, 1.82) is 0 Å². The van der Waals surface area contributed by atoms with Crippen LogP contribution >= 0.6 is 27.3 Å². The van der Waals surface area contributed by atoms with Gasteiger partial charge in [0.15, 0.2) is 0 Å². The molecule has 0 atom stereocenters. The zero-order valence-corrected chi connectivity index (χ0v) is 13.3. The Labute approximate surface area is 129 Å². The molecule has 20 heavy (non-hydrogen) atoms. The molecule has 3 rings (SSSR count). The van der Waals surface area contributed by atoms with Crippen LogP contribution in [0.4, 0.5) is 5.69 Å². The summed E-state index contributed by atoms with van der Waals surface area (Å²) in [6.45, 7) is 0.738. The van der Waals surface area contributed by atoms with E-state index in [0.29, 0.717) is 0 Å². The van der Waals surface area contributed by atoms with E-state index in [1.807, 2.05) is 29.8 Å². The average molecular weight is 349 g/mol. The standard InChI is InChI=1S/C15H13BrN2OS/c1-19-12-3-4-13(16)10(6-12)8-17-11-2-5-14-15(7-11)20-9-18-14/h2-7,9,17H,8H2,1H3. The Balaban J connectivity index is 1.78. The lowest BCUT2D eigenvalue weighted by atomic mass is 10.2. The number of nitrogens with one attached hydrogen (secondary N) is 1. The van der Waals surface area contributed by atoms with Crippen LogP contribution in [0.25, 0.3) is 10.2 Å². The molecule has 0 unspecified atom stereocenters. The maximum Gasteiger partial charge on any atom is 0.119 e. The van der Waals surface area contributed by atoms with Crippen LogP contribution in [0.5, 0.6) is 5.75 Å². The highest BCUT2D eigenvalue weighted by molar-refractivity contribution is 9.10. The highest BCUT2D eigenvalue weighted by Crippen LogP contribution is 2.25. The maximum absolute atomic E-state index is 5.25. The smallest absolute Gasteiger partial charge is 0.119 e. The highest BCUT2D eigenvalue weighted by atomic mass is 79.9. The topological polar surface area (TPSA) is 34.1 Å². The molecule has 0 amide bonds. The first kappa shape index (κ1) is 13.4. The Morgan fingerprint density at radius 3 is 3.00 bits per heavy atom. The molecule has 1 heterocycles. The van der Waals surface area contributed by atoms with E-state index in [1.165, 1.54) is 4.70 Å². The summed E-state index contributed by atoms with van der Waals surface area (Å²) in [5, 5.41) is 3.43. The van der Waals surface area contributed by atoms with Crippen LogP contribution in [0.3, 0.4) is 0 Å². The van der Waals surface area contributed by atoms with E-state index in [2.05, 4.69) is 38.4 Å². The zero-order chi connectivity index (χ0) is 13.9. The summed E-state index contributed by atoms with van der Waals surface area (Å²) in [4.78, 5) is 4.28. The Kier molecular flexibility index (Phi) is 3.89. The van der Waals surface area contributed by atoms with E-state index in [-0.39, 0.29) is 0 Å². The van der Waals surface area contributed by atoms with Crippen LogP contribution in [0.15, 0.2) is 46.4 Å². The van der Waals surface area contributed by atoms with Crippen molar-refractivity contribution in [3.63, 3.8) is 0 Å². The number of anilines is 1. The van der Waals surface area contributed by atoms with Gasteiger partial charge < -0.3 is 10.1 Å². The number of nitrogens with zero attached hydrogens (tertiary/aromatic N) is 1. The second-order valence-corrected chi connectivity index (χ2v) is 6.09. The third kappa shape index (κ3) is 2.78. The molecule has 0 aliphatic heterocycles. The Hall–Kier alpha value is -1.59. The summed E-state index contributed by atoms with van der Waals surface area (Å²) in [5.41, 5.74) is 5.17. The molecule has 102 valence electrons. The van der Waals surface area contributed by atoms with Crippen molar-refractivity contribution in [2.45, 2.75) is 6.54 Å². The van der Waals surface area contributed by atoms with Crippen LogP contribution in [0.2, 0.25) is 0 Å². The lowest BCUT2D eigenvalue weighted by Gasteiger charge is -2.10. The van der Waals surface area contributed by atoms with Crippen molar-refractivity contribution < 1.29 is 4.74 Å². The second kappa shape index (κ2) is 5.81. The molecule has 0 bridgehead atoms. The minimum atomic E-state index is 0.738. The van der Waals surface area contributed by atoms with E-state index < -0.39 is 0 Å². The van der Waals surface area contributed by atoms with Crippen molar-refractivity contribution in [1.82, 2.24) is 4.98 Å². The van der Waals surface area contributed by atoms with Gasteiger partial charge in [0.1, 0.15) is 5.75 Å². The summed E-state index contributed by atoms with van der Waals surface area (Å²) in [5.74, 6) is 0.864. The number of thiazole rings is 1. The number of ether oxygens (including phenoxy) is 1. The van der Waals surface area contributed by atoms with Gasteiger partial charge in [0.25, 0.3) is 0 Å². The van der Waals surface area contributed by atoms with Crippen molar-refractivity contribution in [3.8, 4) is 5.75 Å². The molecule has 0 aliphatic rings. The van der Waals surface area contributed by atoms with Gasteiger partial charge in [-0.05, 0) is 42.0 Å². The molecule has 5 heteroatoms. The molecule has 3 nitrogen and oxygen atoms in total. The number of benzene rings is 2. The summed E-state index contributed by atoms with van der Waals surface area (Å²) < 4.78 is 7.52. The fourth-order valence-electron chi connectivity index (χ4n) is 1.98. The Morgan fingerprint density at radius 1 is 1.25 bits per heavy atom. The van der Waals surface area contributed by atoms with Crippen molar-refractivity contribution in [2.75, 3.05) is 12.4 Å². The number of methoxy groups -OCH3 is 1. The number of fused-ring (bicyclic) bond motifs is 1. The minimum Gasteiger partial charge on any atom is -0.497 e. The SMILES string of the molecule is COc1ccc(Br)c(CNc2ccc3ncsc3c2)c1. The van der Waals surface area contributed by atoms with E-state index in [0.717, 1.165) is 33.5 Å². The fraction of sp³-hybridized carbons (Fsp3) is 0.133. The van der Waals surface area contributed by atoms with Gasteiger partial charge in [-0.25, -0.2) is 4.98 Å². The first-order valence-electron chi connectivity index (χ1n) is 6.16. The highest BCUT2D eigenvalue weighted by Gasteiger charge is 2.03. The monoisotopic (exact) mass is 348 g/mol. The van der Waals surface area contributed by atoms with Crippen molar-refractivity contribution in [3.05, 3.63) is 51.9 Å². The third-order valence-electron chi connectivity index (χ3n) is 3.07.